The number of hydrogen-bond donors (Lipinski definition) is 3. The molecule has 0 saturated heterocycles. The summed E-state index contributed by atoms with van der Waals surface area (Å²) in [5, 5.41) is 14.0. The van der Waals surface area contributed by atoms with Crippen molar-refractivity contribution in [2.45, 2.75) is 6.54 Å². The second-order valence-corrected chi connectivity index (χ2v) is 7.64. The molecule has 0 radical (unpaired) electrons. The van der Waals surface area contributed by atoms with Gasteiger partial charge in [0.25, 0.3) is 5.91 Å². The topological polar surface area (TPSA) is 123 Å². The Morgan fingerprint density at radius 1 is 1.31 bits per heavy atom. The van der Waals surface area contributed by atoms with Crippen molar-refractivity contribution in [2.24, 2.45) is 0 Å². The molecule has 2 amide bonds. The zero-order valence-electron chi connectivity index (χ0n) is 18.6. The van der Waals surface area contributed by atoms with E-state index in [0.717, 1.165) is 6.08 Å². The number of pyridine rings is 2. The minimum Gasteiger partial charge on any atom is -0.492 e. The zero-order valence-corrected chi connectivity index (χ0v) is 18.6. The number of hydrogen-bond acceptors (Lipinski definition) is 7. The molecule has 5 rings (SSSR count). The zero-order chi connectivity index (χ0) is 24.5. The van der Waals surface area contributed by atoms with Gasteiger partial charge >= 0.3 is 0 Å². The molecule has 0 spiro atoms. The Bertz CT molecular complexity index is 1500. The number of amides is 2. The first kappa shape index (κ1) is 22.0. The van der Waals surface area contributed by atoms with Crippen LogP contribution in [0.2, 0.25) is 0 Å². The quantitative estimate of drug-likeness (QED) is 0.367. The standard InChI is InChI=1S/C24H20FN7O3/c1-3-19(33)30-18-11-14-13(7-8-26-17(14)12-28-18)20-21(22-24(34)27-9-10-32(22)31-20)29-16-6-4-5-15(25)23(16)35-2/h3-8,11-12,29H,1,9-10H2,2H3,(H,27,34)(H,28,30,33). The Labute approximate surface area is 198 Å². The first-order valence-electron chi connectivity index (χ1n) is 10.7. The van der Waals surface area contributed by atoms with E-state index in [1.807, 2.05) is 0 Å². The summed E-state index contributed by atoms with van der Waals surface area (Å²) in [5.41, 5.74) is 2.66. The van der Waals surface area contributed by atoms with Gasteiger partial charge in [-0.15, -0.1) is 0 Å². The van der Waals surface area contributed by atoms with Gasteiger partial charge in [0.15, 0.2) is 11.6 Å². The van der Waals surface area contributed by atoms with Crippen molar-refractivity contribution in [1.29, 1.82) is 0 Å². The van der Waals surface area contributed by atoms with Gasteiger partial charge in [-0.05, 0) is 30.3 Å². The van der Waals surface area contributed by atoms with E-state index in [-0.39, 0.29) is 11.7 Å². The number of para-hydroxylation sites is 1. The number of nitrogens with one attached hydrogen (secondary N) is 3. The number of aromatic nitrogens is 4. The van der Waals surface area contributed by atoms with Crippen LogP contribution in [-0.2, 0) is 11.3 Å². The number of nitrogens with zero attached hydrogens (tertiary/aromatic N) is 4. The lowest BCUT2D eigenvalue weighted by Crippen LogP contribution is -2.35. The molecule has 1 aromatic carbocycles. The predicted octanol–water partition coefficient (Wildman–Crippen LogP) is 3.25. The van der Waals surface area contributed by atoms with Gasteiger partial charge in [-0.1, -0.05) is 12.6 Å². The molecule has 0 fully saturated rings. The highest BCUT2D eigenvalue weighted by Gasteiger charge is 2.29. The van der Waals surface area contributed by atoms with Crippen LogP contribution in [0.1, 0.15) is 10.5 Å². The largest absolute Gasteiger partial charge is 0.492 e. The number of anilines is 3. The molecule has 1 aliphatic rings. The Morgan fingerprint density at radius 3 is 2.97 bits per heavy atom. The summed E-state index contributed by atoms with van der Waals surface area (Å²) >= 11 is 0. The molecule has 0 saturated carbocycles. The minimum absolute atomic E-state index is 0.00725. The van der Waals surface area contributed by atoms with Crippen molar-refractivity contribution in [2.75, 3.05) is 24.3 Å². The first-order chi connectivity index (χ1) is 17.0. The molecule has 176 valence electrons. The molecule has 4 heterocycles. The highest BCUT2D eigenvalue weighted by molar-refractivity contribution is 6.06. The van der Waals surface area contributed by atoms with E-state index in [1.54, 1.807) is 29.1 Å². The number of halogens is 1. The lowest BCUT2D eigenvalue weighted by atomic mass is 10.0. The van der Waals surface area contributed by atoms with Crippen molar-refractivity contribution >= 4 is 39.9 Å². The third-order valence-electron chi connectivity index (χ3n) is 5.53. The lowest BCUT2D eigenvalue weighted by Gasteiger charge is -2.17. The van der Waals surface area contributed by atoms with Crippen LogP contribution in [0.3, 0.4) is 0 Å². The molecule has 10 nitrogen and oxygen atoms in total. The van der Waals surface area contributed by atoms with Crippen LogP contribution in [0, 0.1) is 5.82 Å². The van der Waals surface area contributed by atoms with Gasteiger partial charge in [0, 0.05) is 23.7 Å². The molecular formula is C24H20FN7O3. The van der Waals surface area contributed by atoms with Crippen LogP contribution in [0.15, 0.2) is 55.4 Å². The average molecular weight is 473 g/mol. The third kappa shape index (κ3) is 3.92. The Kier molecular flexibility index (Phi) is 5.57. The van der Waals surface area contributed by atoms with E-state index < -0.39 is 11.7 Å². The van der Waals surface area contributed by atoms with Gasteiger partial charge in [0.2, 0.25) is 5.91 Å². The fourth-order valence-corrected chi connectivity index (χ4v) is 3.97. The van der Waals surface area contributed by atoms with E-state index in [0.29, 0.717) is 58.1 Å². The summed E-state index contributed by atoms with van der Waals surface area (Å²) in [5.74, 6) is -0.955. The highest BCUT2D eigenvalue weighted by Crippen LogP contribution is 2.39. The molecule has 35 heavy (non-hydrogen) atoms. The van der Waals surface area contributed by atoms with Gasteiger partial charge < -0.3 is 20.7 Å². The summed E-state index contributed by atoms with van der Waals surface area (Å²) in [6.07, 6.45) is 4.28. The summed E-state index contributed by atoms with van der Waals surface area (Å²) in [4.78, 5) is 33.2. The minimum atomic E-state index is -0.549. The lowest BCUT2D eigenvalue weighted by molar-refractivity contribution is -0.111. The van der Waals surface area contributed by atoms with Gasteiger partial charge in [-0.2, -0.15) is 5.10 Å². The van der Waals surface area contributed by atoms with Gasteiger partial charge in [0.05, 0.1) is 36.7 Å². The molecule has 0 atom stereocenters. The first-order valence-corrected chi connectivity index (χ1v) is 10.7. The maximum absolute atomic E-state index is 14.4. The molecular weight excluding hydrogens is 453 g/mol. The number of rotatable bonds is 6. The molecule has 1 aliphatic heterocycles. The maximum atomic E-state index is 14.4. The Morgan fingerprint density at radius 2 is 2.17 bits per heavy atom. The van der Waals surface area contributed by atoms with Crippen LogP contribution in [0.5, 0.6) is 5.75 Å². The average Bonchev–Trinajstić information content (AvgIpc) is 3.23. The van der Waals surface area contributed by atoms with Crippen LogP contribution in [0.25, 0.3) is 22.2 Å². The monoisotopic (exact) mass is 473 g/mol. The predicted molar refractivity (Wildman–Crippen MR) is 128 cm³/mol. The van der Waals surface area contributed by atoms with E-state index in [1.165, 1.54) is 25.4 Å². The molecule has 3 aromatic heterocycles. The second-order valence-electron chi connectivity index (χ2n) is 7.64. The molecule has 3 N–H and O–H groups in total. The normalized spacial score (nSPS) is 12.6. The molecule has 0 bridgehead atoms. The Balaban J connectivity index is 1.72. The number of fused-ring (bicyclic) bond motifs is 2. The number of benzene rings is 1. The van der Waals surface area contributed by atoms with Gasteiger partial charge in [-0.25, -0.2) is 9.37 Å². The van der Waals surface area contributed by atoms with Crippen molar-refractivity contribution in [3.05, 3.63) is 66.9 Å². The van der Waals surface area contributed by atoms with Crippen LogP contribution < -0.4 is 20.7 Å². The van der Waals surface area contributed by atoms with E-state index in [4.69, 9.17) is 9.84 Å². The van der Waals surface area contributed by atoms with Gasteiger partial charge in [0.1, 0.15) is 17.2 Å². The Hall–Kier alpha value is -4.80. The molecule has 0 unspecified atom stereocenters. The fraction of sp³-hybridized carbons (Fsp3) is 0.125. The number of carbonyl (C=O) groups is 2. The summed E-state index contributed by atoms with van der Waals surface area (Å²) < 4.78 is 21.2. The van der Waals surface area contributed by atoms with E-state index in [9.17, 15) is 14.0 Å². The number of carbonyl (C=O) groups excluding carboxylic acids is 2. The second kappa shape index (κ2) is 8.86. The molecule has 0 aliphatic carbocycles. The molecule has 11 heteroatoms. The molecule has 4 aromatic rings. The van der Waals surface area contributed by atoms with Crippen LogP contribution in [0.4, 0.5) is 21.6 Å². The maximum Gasteiger partial charge on any atom is 0.271 e. The smallest absolute Gasteiger partial charge is 0.271 e. The fourth-order valence-electron chi connectivity index (χ4n) is 3.97. The third-order valence-corrected chi connectivity index (χ3v) is 5.53. The SMILES string of the molecule is C=CC(=O)Nc1cc2c(-c3nn4c(c3Nc3cccc(F)c3OC)C(=O)NCC4)ccnc2cn1. The summed E-state index contributed by atoms with van der Waals surface area (Å²) in [7, 11) is 1.37. The van der Waals surface area contributed by atoms with E-state index >= 15 is 0 Å². The highest BCUT2D eigenvalue weighted by atomic mass is 19.1. The van der Waals surface area contributed by atoms with Crippen molar-refractivity contribution in [3.8, 4) is 17.0 Å². The van der Waals surface area contributed by atoms with Crippen LogP contribution >= 0.6 is 0 Å². The van der Waals surface area contributed by atoms with Crippen molar-refractivity contribution in [3.63, 3.8) is 0 Å². The summed E-state index contributed by atoms with van der Waals surface area (Å²) in [6, 6.07) is 7.89. The van der Waals surface area contributed by atoms with Gasteiger partial charge in [-0.3, -0.25) is 19.3 Å². The summed E-state index contributed by atoms with van der Waals surface area (Å²) in [6.45, 7) is 4.34. The number of ether oxygens (including phenoxy) is 1. The van der Waals surface area contributed by atoms with Crippen LogP contribution in [-0.4, -0.2) is 45.2 Å². The van der Waals surface area contributed by atoms with E-state index in [2.05, 4.69) is 32.5 Å². The van der Waals surface area contributed by atoms with Crippen molar-refractivity contribution < 1.29 is 18.7 Å². The van der Waals surface area contributed by atoms with Crippen molar-refractivity contribution in [1.82, 2.24) is 25.1 Å². The number of methoxy groups -OCH3 is 1.